The van der Waals surface area contributed by atoms with Crippen molar-refractivity contribution >= 4 is 0 Å². The second-order valence-electron chi connectivity index (χ2n) is 27.5. The van der Waals surface area contributed by atoms with Crippen molar-refractivity contribution in [1.82, 2.24) is 0 Å². The van der Waals surface area contributed by atoms with Crippen LogP contribution in [0.3, 0.4) is 0 Å². The van der Waals surface area contributed by atoms with Gasteiger partial charge in [-0.25, -0.2) is 0 Å². The molecule has 0 radical (unpaired) electrons. The van der Waals surface area contributed by atoms with E-state index in [1.165, 1.54) is 252 Å². The summed E-state index contributed by atoms with van der Waals surface area (Å²) in [4.78, 5) is 0. The van der Waals surface area contributed by atoms with Gasteiger partial charge in [-0.2, -0.15) is 0 Å². The van der Waals surface area contributed by atoms with Crippen LogP contribution in [0.5, 0.6) is 0 Å². The Hall–Kier alpha value is -0.340. The van der Waals surface area contributed by atoms with Crippen molar-refractivity contribution in [2.45, 2.75) is 280 Å². The summed E-state index contributed by atoms with van der Waals surface area (Å²) in [5.74, 6) is 4.18. The van der Waals surface area contributed by atoms with Crippen molar-refractivity contribution in [3.05, 3.63) is 12.2 Å². The lowest BCUT2D eigenvalue weighted by atomic mass is 9.32. The van der Waals surface area contributed by atoms with Crippen molar-refractivity contribution < 1.29 is 8.97 Å². The molecule has 0 aliphatic heterocycles. The molecule has 0 N–H and O–H groups in total. The molecule has 0 aromatic rings. The molecule has 1 unspecified atom stereocenters. The van der Waals surface area contributed by atoms with Gasteiger partial charge in [-0.15, -0.1) is 0 Å². The van der Waals surface area contributed by atoms with E-state index in [-0.39, 0.29) is 0 Å². The third-order valence-corrected chi connectivity index (χ3v) is 22.0. The zero-order valence-electron chi connectivity index (χ0n) is 46.2. The van der Waals surface area contributed by atoms with E-state index >= 15 is 0 Å². The molecule has 5 fully saturated rings. The first-order valence-corrected chi connectivity index (χ1v) is 29.7. The van der Waals surface area contributed by atoms with Gasteiger partial charge < -0.3 is 8.97 Å². The SMILES string of the molecule is C=C(C)[C@@H]1CC[C@]2(C[N+](C)(C)CCCCCCCCCCCCCC)CC[C@]3(C)[C@H](CC[C@@H]4[C@@]5(C)CCC([N+](C)(C)CCCCCCCCCCCCCC)C(C)(C)[C@@H]5CC[C@]43C)[C@@H]12. The lowest BCUT2D eigenvalue weighted by molar-refractivity contribution is -0.925. The van der Waals surface area contributed by atoms with Gasteiger partial charge in [0.25, 0.3) is 0 Å². The van der Waals surface area contributed by atoms with Crippen LogP contribution in [-0.2, 0) is 0 Å². The lowest BCUT2D eigenvalue weighted by Gasteiger charge is -2.73. The van der Waals surface area contributed by atoms with Gasteiger partial charge in [0.1, 0.15) is 0 Å². The summed E-state index contributed by atoms with van der Waals surface area (Å²) in [5, 5.41) is 0. The molecule has 10 atom stereocenters. The van der Waals surface area contributed by atoms with Gasteiger partial charge in [-0.1, -0.05) is 189 Å². The minimum Gasteiger partial charge on any atom is -0.328 e. The van der Waals surface area contributed by atoms with Crippen LogP contribution in [0.4, 0.5) is 0 Å². The van der Waals surface area contributed by atoms with Crippen LogP contribution in [-0.4, -0.2) is 62.8 Å². The first-order chi connectivity index (χ1) is 30.4. The van der Waals surface area contributed by atoms with Gasteiger partial charge in [0.05, 0.1) is 53.9 Å². The number of fused-ring (bicyclic) bond motifs is 7. The van der Waals surface area contributed by atoms with Crippen LogP contribution in [0.25, 0.3) is 0 Å². The normalized spacial score (nSPS) is 34.8. The first kappa shape index (κ1) is 54.6. The van der Waals surface area contributed by atoms with Crippen molar-refractivity contribution in [3.63, 3.8) is 0 Å². The van der Waals surface area contributed by atoms with Crippen molar-refractivity contribution in [2.24, 2.45) is 56.7 Å². The highest BCUT2D eigenvalue weighted by Gasteiger charge is 2.72. The Balaban J connectivity index is 1.16. The Morgan fingerprint density at radius 1 is 0.484 bits per heavy atom. The maximum atomic E-state index is 4.78. The summed E-state index contributed by atoms with van der Waals surface area (Å²) in [6.07, 6.45) is 49.4. The number of unbranched alkanes of at least 4 members (excludes halogenated alkanes) is 22. The van der Waals surface area contributed by atoms with Crippen molar-refractivity contribution in [3.8, 4) is 0 Å². The highest BCUT2D eigenvalue weighted by atomic mass is 15.3. The first-order valence-electron chi connectivity index (χ1n) is 29.7. The molecule has 2 heteroatoms. The third-order valence-electron chi connectivity index (χ3n) is 22.0. The van der Waals surface area contributed by atoms with E-state index in [4.69, 9.17) is 6.58 Å². The minimum absolute atomic E-state index is 0.391. The maximum Gasteiger partial charge on any atom is 0.0940 e. The molecule has 5 aliphatic rings. The van der Waals surface area contributed by atoms with Crippen molar-refractivity contribution in [2.75, 3.05) is 47.8 Å². The Bertz CT molecular complexity index is 1370. The second kappa shape index (κ2) is 24.0. The van der Waals surface area contributed by atoms with Crippen LogP contribution in [0.1, 0.15) is 274 Å². The minimum atomic E-state index is 0.391. The van der Waals surface area contributed by atoms with Crippen LogP contribution in [0.15, 0.2) is 12.2 Å². The summed E-state index contributed by atoms with van der Waals surface area (Å²) < 4.78 is 2.49. The molecule has 374 valence electrons. The molecule has 64 heavy (non-hydrogen) atoms. The van der Waals surface area contributed by atoms with Gasteiger partial charge in [-0.05, 0) is 136 Å². The summed E-state index contributed by atoms with van der Waals surface area (Å²) in [6.45, 7) is 30.2. The molecule has 2 nitrogen and oxygen atoms in total. The van der Waals surface area contributed by atoms with Gasteiger partial charge >= 0.3 is 0 Å². The van der Waals surface area contributed by atoms with E-state index in [0.29, 0.717) is 27.1 Å². The largest absolute Gasteiger partial charge is 0.328 e. The Morgan fingerprint density at radius 3 is 1.47 bits per heavy atom. The van der Waals surface area contributed by atoms with Gasteiger partial charge in [0, 0.05) is 17.3 Å². The molecular weight excluding hydrogens is 773 g/mol. The number of hydrogen-bond donors (Lipinski definition) is 0. The average Bonchev–Trinajstić information content (AvgIpc) is 3.60. The Labute approximate surface area is 403 Å². The molecule has 5 aliphatic carbocycles. The quantitative estimate of drug-likeness (QED) is 0.0383. The molecular formula is C62H118N2+2. The fourth-order valence-electron chi connectivity index (χ4n) is 18.6. The number of nitrogens with zero attached hydrogens (tertiary/aromatic N) is 2. The number of quaternary nitrogens is 2. The highest BCUT2D eigenvalue weighted by Crippen LogP contribution is 2.78. The molecule has 5 saturated carbocycles. The van der Waals surface area contributed by atoms with E-state index in [0.717, 1.165) is 35.6 Å². The summed E-state index contributed by atoms with van der Waals surface area (Å²) in [5.41, 5.74) is 3.81. The highest BCUT2D eigenvalue weighted by molar-refractivity contribution is 5.21. The Kier molecular flexibility index (Phi) is 20.5. The second-order valence-corrected chi connectivity index (χ2v) is 27.5. The zero-order chi connectivity index (χ0) is 46.7. The molecule has 0 heterocycles. The topological polar surface area (TPSA) is 0 Å². The summed E-state index contributed by atoms with van der Waals surface area (Å²) >= 11 is 0. The summed E-state index contributed by atoms with van der Waals surface area (Å²) in [6, 6.07) is 0.788. The molecule has 0 aromatic carbocycles. The van der Waals surface area contributed by atoms with Crippen LogP contribution >= 0.6 is 0 Å². The van der Waals surface area contributed by atoms with Crippen molar-refractivity contribution in [1.29, 1.82) is 0 Å². The lowest BCUT2D eigenvalue weighted by Crippen LogP contribution is -2.69. The predicted octanol–water partition coefficient (Wildman–Crippen LogP) is 18.6. The molecule has 0 amide bonds. The van der Waals surface area contributed by atoms with E-state index in [1.54, 1.807) is 0 Å². The third kappa shape index (κ3) is 12.5. The number of allylic oxidation sites excluding steroid dienone is 1. The Morgan fingerprint density at radius 2 is 0.969 bits per heavy atom. The number of hydrogen-bond acceptors (Lipinski definition) is 0. The zero-order valence-corrected chi connectivity index (χ0v) is 46.2. The van der Waals surface area contributed by atoms with Crippen LogP contribution in [0.2, 0.25) is 0 Å². The monoisotopic (exact) mass is 891 g/mol. The van der Waals surface area contributed by atoms with Crippen LogP contribution in [0, 0.1) is 56.7 Å². The average molecular weight is 892 g/mol. The van der Waals surface area contributed by atoms with Gasteiger partial charge in [0.15, 0.2) is 0 Å². The van der Waals surface area contributed by atoms with E-state index in [2.05, 4.69) is 83.6 Å². The number of rotatable bonds is 30. The smallest absolute Gasteiger partial charge is 0.0940 e. The molecule has 0 aromatic heterocycles. The molecule has 0 bridgehead atoms. The molecule has 0 saturated heterocycles. The van der Waals surface area contributed by atoms with Gasteiger partial charge in [-0.3, -0.25) is 0 Å². The van der Waals surface area contributed by atoms with E-state index in [9.17, 15) is 0 Å². The standard InChI is InChI=1S/C62H118N2/c1-14-16-18-20-22-24-26-28-30-32-34-36-48-63(10,11)50-62-45-40-52(51(3)4)57(62)53-38-39-55-59(7)43-42-56(58(5,6)54(59)41-44-61(55,9)60(53,8)46-47-62)64(12,13)49-37-35-33-31-29-27-25-23-21-19-17-15-2/h52-57H,3,14-50H2,1-2,4-13H3/q+2/t52-,53+,54-,55+,56?,57+,59-,60+,61+,62+/m0/s1. The molecule has 0 spiro atoms. The van der Waals surface area contributed by atoms with E-state index < -0.39 is 0 Å². The summed E-state index contributed by atoms with van der Waals surface area (Å²) in [7, 11) is 10.5. The maximum absolute atomic E-state index is 4.78. The predicted molar refractivity (Wildman–Crippen MR) is 284 cm³/mol. The fraction of sp³-hybridized carbons (Fsp3) is 0.968. The van der Waals surface area contributed by atoms with Gasteiger partial charge in [0.2, 0.25) is 0 Å². The van der Waals surface area contributed by atoms with Crippen LogP contribution < -0.4 is 0 Å². The molecule has 5 rings (SSSR count). The van der Waals surface area contributed by atoms with E-state index in [1.807, 2.05) is 0 Å². The fourth-order valence-corrected chi connectivity index (χ4v) is 18.6.